The third-order valence-electron chi connectivity index (χ3n) is 4.23. The van der Waals surface area contributed by atoms with Crippen LogP contribution in [0.15, 0.2) is 18.2 Å². The molecule has 2 unspecified atom stereocenters. The van der Waals surface area contributed by atoms with E-state index < -0.39 is 0 Å². The van der Waals surface area contributed by atoms with Gasteiger partial charge in [-0.05, 0) is 49.9 Å². The summed E-state index contributed by atoms with van der Waals surface area (Å²) in [4.78, 5) is 0. The van der Waals surface area contributed by atoms with Crippen LogP contribution >= 0.6 is 0 Å². The molecule has 0 spiro atoms. The van der Waals surface area contributed by atoms with Crippen LogP contribution in [0.3, 0.4) is 0 Å². The highest BCUT2D eigenvalue weighted by atomic mass is 16.5. The van der Waals surface area contributed by atoms with Crippen molar-refractivity contribution < 1.29 is 9.47 Å². The summed E-state index contributed by atoms with van der Waals surface area (Å²) >= 11 is 0. The van der Waals surface area contributed by atoms with E-state index in [0.29, 0.717) is 25.2 Å². The maximum atomic E-state index is 5.92. The van der Waals surface area contributed by atoms with Crippen molar-refractivity contribution in [3.05, 3.63) is 23.8 Å². The van der Waals surface area contributed by atoms with Crippen LogP contribution in [0.4, 0.5) is 5.69 Å². The van der Waals surface area contributed by atoms with Gasteiger partial charge in [-0.3, -0.25) is 0 Å². The van der Waals surface area contributed by atoms with E-state index in [0.717, 1.165) is 18.0 Å². The minimum Gasteiger partial charge on any atom is -0.489 e. The van der Waals surface area contributed by atoms with Crippen LogP contribution in [0.5, 0.6) is 5.75 Å². The zero-order valence-corrected chi connectivity index (χ0v) is 13.2. The molecule has 1 aliphatic carbocycles. The summed E-state index contributed by atoms with van der Waals surface area (Å²) in [6.07, 6.45) is 4.98. The first-order valence-electron chi connectivity index (χ1n) is 7.93. The highest BCUT2D eigenvalue weighted by Crippen LogP contribution is 2.31. The molecule has 1 aromatic rings. The van der Waals surface area contributed by atoms with Gasteiger partial charge in [-0.15, -0.1) is 0 Å². The molecule has 0 heterocycles. The maximum Gasteiger partial charge on any atom is 0.142 e. The Hall–Kier alpha value is -1.26. The molecule has 1 aromatic carbocycles. The molecule has 1 saturated carbocycles. The van der Waals surface area contributed by atoms with Gasteiger partial charge in [0.05, 0.1) is 12.3 Å². The predicted molar refractivity (Wildman–Crippen MR) is 87.0 cm³/mol. The van der Waals surface area contributed by atoms with Crippen molar-refractivity contribution in [2.45, 2.75) is 38.6 Å². The van der Waals surface area contributed by atoms with Gasteiger partial charge in [0.2, 0.25) is 0 Å². The number of nitrogens with two attached hydrogens (primary N) is 1. The van der Waals surface area contributed by atoms with E-state index in [1.165, 1.54) is 31.2 Å². The second kappa shape index (κ2) is 8.25. The van der Waals surface area contributed by atoms with Crippen LogP contribution in [-0.2, 0) is 4.74 Å². The van der Waals surface area contributed by atoms with Crippen molar-refractivity contribution in [1.29, 1.82) is 0 Å². The van der Waals surface area contributed by atoms with Crippen LogP contribution in [0, 0.1) is 12.8 Å². The van der Waals surface area contributed by atoms with Crippen molar-refractivity contribution >= 4 is 5.69 Å². The second-order valence-corrected chi connectivity index (χ2v) is 5.87. The average Bonchev–Trinajstić information content (AvgIpc) is 2.50. The number of nitrogens with one attached hydrogen (secondary N) is 1. The highest BCUT2D eigenvalue weighted by Gasteiger charge is 2.24. The molecule has 2 rings (SSSR count). The van der Waals surface area contributed by atoms with E-state index in [1.54, 1.807) is 7.11 Å². The lowest BCUT2D eigenvalue weighted by Gasteiger charge is -2.32. The smallest absolute Gasteiger partial charge is 0.142 e. The summed E-state index contributed by atoms with van der Waals surface area (Å²) in [6.45, 7) is 4.00. The monoisotopic (exact) mass is 292 g/mol. The van der Waals surface area contributed by atoms with Gasteiger partial charge in [0, 0.05) is 13.2 Å². The lowest BCUT2D eigenvalue weighted by atomic mass is 9.84. The molecule has 1 aliphatic rings. The van der Waals surface area contributed by atoms with E-state index in [9.17, 15) is 0 Å². The van der Waals surface area contributed by atoms with Crippen molar-refractivity contribution in [2.75, 3.05) is 32.2 Å². The third kappa shape index (κ3) is 4.61. The molecule has 1 fully saturated rings. The number of hydrogen-bond acceptors (Lipinski definition) is 4. The third-order valence-corrected chi connectivity index (χ3v) is 4.23. The number of ether oxygens (including phenoxy) is 2. The Kier molecular flexibility index (Phi) is 6.33. The molecule has 21 heavy (non-hydrogen) atoms. The molecule has 0 saturated heterocycles. The average molecular weight is 292 g/mol. The SMILES string of the molecule is COCCOc1cc(C)ccc1NC1CCCCC1CN. The van der Waals surface area contributed by atoms with Gasteiger partial charge in [0.15, 0.2) is 0 Å². The molecule has 4 heteroatoms. The number of anilines is 1. The van der Waals surface area contributed by atoms with E-state index >= 15 is 0 Å². The molecule has 3 N–H and O–H groups in total. The van der Waals surface area contributed by atoms with Crippen LogP contribution in [-0.4, -0.2) is 32.9 Å². The Morgan fingerprint density at radius 3 is 2.81 bits per heavy atom. The van der Waals surface area contributed by atoms with Crippen molar-refractivity contribution in [2.24, 2.45) is 11.7 Å². The summed E-state index contributed by atoms with van der Waals surface area (Å²) in [5.74, 6) is 1.47. The van der Waals surface area contributed by atoms with Crippen LogP contribution in [0.25, 0.3) is 0 Å². The Balaban J connectivity index is 2.06. The van der Waals surface area contributed by atoms with Crippen LogP contribution in [0.2, 0.25) is 0 Å². The standard InChI is InChI=1S/C17H28N2O2/c1-13-7-8-16(17(11-13)21-10-9-20-2)19-15-6-4-3-5-14(15)12-18/h7-8,11,14-15,19H,3-6,9-10,12,18H2,1-2H3. The molecule has 0 radical (unpaired) electrons. The molecule has 4 nitrogen and oxygen atoms in total. The second-order valence-electron chi connectivity index (χ2n) is 5.87. The van der Waals surface area contributed by atoms with Gasteiger partial charge < -0.3 is 20.5 Å². The van der Waals surface area contributed by atoms with Crippen molar-refractivity contribution in [3.8, 4) is 5.75 Å². The van der Waals surface area contributed by atoms with Gasteiger partial charge >= 0.3 is 0 Å². The first-order valence-corrected chi connectivity index (χ1v) is 7.93. The quantitative estimate of drug-likeness (QED) is 0.759. The Morgan fingerprint density at radius 1 is 1.24 bits per heavy atom. The highest BCUT2D eigenvalue weighted by molar-refractivity contribution is 5.58. The predicted octanol–water partition coefficient (Wildman–Crippen LogP) is 2.95. The number of hydrogen-bond donors (Lipinski definition) is 2. The van der Waals surface area contributed by atoms with E-state index in [4.69, 9.17) is 15.2 Å². The summed E-state index contributed by atoms with van der Waals surface area (Å²) in [6, 6.07) is 6.76. The fourth-order valence-electron chi connectivity index (χ4n) is 2.98. The van der Waals surface area contributed by atoms with Crippen molar-refractivity contribution in [3.63, 3.8) is 0 Å². The van der Waals surface area contributed by atoms with Gasteiger partial charge in [0.25, 0.3) is 0 Å². The van der Waals surface area contributed by atoms with Gasteiger partial charge in [-0.2, -0.15) is 0 Å². The van der Waals surface area contributed by atoms with Crippen molar-refractivity contribution in [1.82, 2.24) is 0 Å². The molecular formula is C17H28N2O2. The summed E-state index contributed by atoms with van der Waals surface area (Å²) < 4.78 is 10.9. The zero-order chi connectivity index (χ0) is 15.1. The minimum atomic E-state index is 0.455. The Labute approximate surface area is 128 Å². The van der Waals surface area contributed by atoms with Crippen LogP contribution < -0.4 is 15.8 Å². The molecule has 0 amide bonds. The minimum absolute atomic E-state index is 0.455. The van der Waals surface area contributed by atoms with Gasteiger partial charge in [0.1, 0.15) is 12.4 Å². The normalized spacial score (nSPS) is 22.0. The number of aryl methyl sites for hydroxylation is 1. The molecule has 118 valence electrons. The first-order chi connectivity index (χ1) is 10.2. The fourth-order valence-corrected chi connectivity index (χ4v) is 2.98. The molecule has 0 bridgehead atoms. The summed E-state index contributed by atoms with van der Waals surface area (Å²) in [5, 5.41) is 3.66. The summed E-state index contributed by atoms with van der Waals surface area (Å²) in [7, 11) is 1.69. The number of methoxy groups -OCH3 is 1. The lowest BCUT2D eigenvalue weighted by Crippen LogP contribution is -2.36. The topological polar surface area (TPSA) is 56.5 Å². The van der Waals surface area contributed by atoms with Gasteiger partial charge in [-0.25, -0.2) is 0 Å². The summed E-state index contributed by atoms with van der Waals surface area (Å²) in [5.41, 5.74) is 8.19. The lowest BCUT2D eigenvalue weighted by molar-refractivity contribution is 0.146. The Bertz CT molecular complexity index is 437. The van der Waals surface area contributed by atoms with Crippen LogP contribution in [0.1, 0.15) is 31.2 Å². The molecular weight excluding hydrogens is 264 g/mol. The Morgan fingerprint density at radius 2 is 2.05 bits per heavy atom. The molecule has 0 aliphatic heterocycles. The number of rotatable bonds is 7. The zero-order valence-electron chi connectivity index (χ0n) is 13.2. The first kappa shape index (κ1) is 16.1. The van der Waals surface area contributed by atoms with E-state index in [-0.39, 0.29) is 0 Å². The molecule has 0 aromatic heterocycles. The van der Waals surface area contributed by atoms with Gasteiger partial charge in [-0.1, -0.05) is 18.9 Å². The largest absolute Gasteiger partial charge is 0.489 e. The van der Waals surface area contributed by atoms with E-state index in [2.05, 4.69) is 30.4 Å². The number of benzene rings is 1. The molecule has 2 atom stereocenters. The van der Waals surface area contributed by atoms with E-state index in [1.807, 2.05) is 0 Å². The maximum absolute atomic E-state index is 5.92. The fraction of sp³-hybridized carbons (Fsp3) is 0.647.